The summed E-state index contributed by atoms with van der Waals surface area (Å²) in [6, 6.07) is 11.3. The van der Waals surface area contributed by atoms with Crippen LogP contribution in [0.3, 0.4) is 0 Å². The minimum absolute atomic E-state index is 0.00948. The Bertz CT molecular complexity index is 800. The number of halogens is 2. The van der Waals surface area contributed by atoms with Crippen molar-refractivity contribution >= 4 is 52.2 Å². The molecule has 0 saturated carbocycles. The Balaban J connectivity index is 2.07. The van der Waals surface area contributed by atoms with Gasteiger partial charge in [0.25, 0.3) is 5.69 Å². The minimum Gasteiger partial charge on any atom is -0.295 e. The number of nitro groups is 1. The molecular weight excluding hydrogens is 359 g/mol. The summed E-state index contributed by atoms with van der Waals surface area (Å²) in [4.78, 5) is 24.6. The van der Waals surface area contributed by atoms with E-state index in [-0.39, 0.29) is 17.3 Å². The molecule has 118 valence electrons. The summed E-state index contributed by atoms with van der Waals surface area (Å²) in [6.07, 6.45) is 0. The van der Waals surface area contributed by atoms with Crippen LogP contribution in [0.1, 0.15) is 10.9 Å². The number of carbonyl (C=O) groups is 1. The number of nitro benzene ring substituents is 1. The summed E-state index contributed by atoms with van der Waals surface area (Å²) in [6.45, 7) is 0. The number of hydrogen-bond acceptors (Lipinski definition) is 4. The average Bonchev–Trinajstić information content (AvgIpc) is 2.91. The van der Waals surface area contributed by atoms with Crippen molar-refractivity contribution in [2.45, 2.75) is 5.37 Å². The molecule has 1 saturated heterocycles. The van der Waals surface area contributed by atoms with Crippen molar-refractivity contribution < 1.29 is 9.72 Å². The van der Waals surface area contributed by atoms with Crippen LogP contribution in [-0.2, 0) is 4.79 Å². The Kier molecular flexibility index (Phi) is 4.48. The number of thioether (sulfide) groups is 1. The summed E-state index contributed by atoms with van der Waals surface area (Å²) in [5.74, 6) is 0.119. The van der Waals surface area contributed by atoms with E-state index in [4.69, 9.17) is 23.2 Å². The molecule has 2 aromatic carbocycles. The number of hydrogen-bond donors (Lipinski definition) is 0. The van der Waals surface area contributed by atoms with Gasteiger partial charge in [0.05, 0.1) is 26.3 Å². The maximum absolute atomic E-state index is 12.3. The van der Waals surface area contributed by atoms with Crippen LogP contribution < -0.4 is 4.90 Å². The van der Waals surface area contributed by atoms with Crippen LogP contribution in [0, 0.1) is 10.1 Å². The highest BCUT2D eigenvalue weighted by Gasteiger charge is 2.37. The summed E-state index contributed by atoms with van der Waals surface area (Å²) >= 11 is 13.3. The summed E-state index contributed by atoms with van der Waals surface area (Å²) < 4.78 is 0. The van der Waals surface area contributed by atoms with Crippen molar-refractivity contribution in [3.63, 3.8) is 0 Å². The average molecular weight is 369 g/mol. The van der Waals surface area contributed by atoms with Gasteiger partial charge < -0.3 is 0 Å². The first-order valence-corrected chi connectivity index (χ1v) is 8.41. The number of nitrogens with zero attached hydrogens (tertiary/aromatic N) is 2. The molecule has 3 rings (SSSR count). The monoisotopic (exact) mass is 368 g/mol. The maximum atomic E-state index is 12.3. The van der Waals surface area contributed by atoms with E-state index in [1.165, 1.54) is 22.7 Å². The topological polar surface area (TPSA) is 63.4 Å². The molecule has 1 fully saturated rings. The SMILES string of the molecule is O=C1CS[C@@H](c2ccccc2[N+](=O)[O-])N1c1ccc(Cl)c(Cl)c1. The minimum atomic E-state index is -0.471. The molecule has 2 aromatic rings. The largest absolute Gasteiger partial charge is 0.295 e. The van der Waals surface area contributed by atoms with Gasteiger partial charge in [0.2, 0.25) is 5.91 Å². The third kappa shape index (κ3) is 3.02. The van der Waals surface area contributed by atoms with Crippen molar-refractivity contribution in [2.75, 3.05) is 10.7 Å². The Morgan fingerprint density at radius 1 is 1.17 bits per heavy atom. The number of para-hydroxylation sites is 1. The molecule has 1 amide bonds. The van der Waals surface area contributed by atoms with E-state index in [0.29, 0.717) is 21.3 Å². The molecule has 8 heteroatoms. The first kappa shape index (κ1) is 16.1. The lowest BCUT2D eigenvalue weighted by Crippen LogP contribution is -2.28. The van der Waals surface area contributed by atoms with Gasteiger partial charge in [0.1, 0.15) is 5.37 Å². The van der Waals surface area contributed by atoms with Gasteiger partial charge in [-0.25, -0.2) is 0 Å². The molecular formula is C15H10Cl2N2O3S. The fraction of sp³-hybridized carbons (Fsp3) is 0.133. The Labute approximate surface area is 146 Å². The van der Waals surface area contributed by atoms with Crippen molar-refractivity contribution in [1.29, 1.82) is 0 Å². The zero-order valence-electron chi connectivity index (χ0n) is 11.6. The van der Waals surface area contributed by atoms with Gasteiger partial charge in [0, 0.05) is 11.8 Å². The number of carbonyl (C=O) groups excluding carboxylic acids is 1. The summed E-state index contributed by atoms with van der Waals surface area (Å²) in [5.41, 5.74) is 1.04. The number of benzene rings is 2. The van der Waals surface area contributed by atoms with Crippen LogP contribution in [0.25, 0.3) is 0 Å². The molecule has 0 bridgehead atoms. The highest BCUT2D eigenvalue weighted by molar-refractivity contribution is 8.00. The quantitative estimate of drug-likeness (QED) is 0.582. The fourth-order valence-electron chi connectivity index (χ4n) is 2.43. The van der Waals surface area contributed by atoms with Crippen LogP contribution >= 0.6 is 35.0 Å². The second kappa shape index (κ2) is 6.39. The lowest BCUT2D eigenvalue weighted by atomic mass is 10.1. The Morgan fingerprint density at radius 3 is 2.61 bits per heavy atom. The summed E-state index contributed by atoms with van der Waals surface area (Å²) in [5, 5.41) is 11.5. The van der Waals surface area contributed by atoms with Gasteiger partial charge in [-0.05, 0) is 24.3 Å². The van der Waals surface area contributed by atoms with Crippen LogP contribution in [0.5, 0.6) is 0 Å². The third-order valence-electron chi connectivity index (χ3n) is 3.45. The molecule has 0 spiro atoms. The van der Waals surface area contributed by atoms with E-state index in [0.717, 1.165) is 0 Å². The second-order valence-electron chi connectivity index (χ2n) is 4.84. The number of rotatable bonds is 3. The van der Waals surface area contributed by atoms with E-state index in [2.05, 4.69) is 0 Å². The fourth-order valence-corrected chi connectivity index (χ4v) is 3.93. The third-order valence-corrected chi connectivity index (χ3v) is 5.38. The first-order chi connectivity index (χ1) is 11.0. The van der Waals surface area contributed by atoms with Crippen LogP contribution in [0.4, 0.5) is 11.4 Å². The lowest BCUT2D eigenvalue weighted by molar-refractivity contribution is -0.385. The molecule has 1 aliphatic heterocycles. The predicted molar refractivity (Wildman–Crippen MR) is 92.2 cm³/mol. The molecule has 0 aromatic heterocycles. The van der Waals surface area contributed by atoms with Crippen molar-refractivity contribution in [1.82, 2.24) is 0 Å². The van der Waals surface area contributed by atoms with Gasteiger partial charge in [-0.1, -0.05) is 35.3 Å². The van der Waals surface area contributed by atoms with Crippen LogP contribution in [0.2, 0.25) is 10.0 Å². The standard InChI is InChI=1S/C15H10Cl2N2O3S/c16-11-6-5-9(7-12(11)17)18-14(20)8-23-15(18)10-3-1-2-4-13(10)19(21)22/h1-7,15H,8H2/t15-/m0/s1. The molecule has 0 unspecified atom stereocenters. The van der Waals surface area contributed by atoms with Crippen LogP contribution in [0.15, 0.2) is 42.5 Å². The highest BCUT2D eigenvalue weighted by Crippen LogP contribution is 2.45. The van der Waals surface area contributed by atoms with E-state index >= 15 is 0 Å². The molecule has 0 N–H and O–H groups in total. The van der Waals surface area contributed by atoms with Gasteiger partial charge >= 0.3 is 0 Å². The van der Waals surface area contributed by atoms with Gasteiger partial charge in [-0.2, -0.15) is 0 Å². The normalized spacial score (nSPS) is 17.6. The van der Waals surface area contributed by atoms with Gasteiger partial charge in [0.15, 0.2) is 0 Å². The smallest absolute Gasteiger partial charge is 0.275 e. The van der Waals surface area contributed by atoms with Gasteiger partial charge in [-0.3, -0.25) is 19.8 Å². The predicted octanol–water partition coefficient (Wildman–Crippen LogP) is 4.68. The van der Waals surface area contributed by atoms with Crippen molar-refractivity contribution in [3.8, 4) is 0 Å². The van der Waals surface area contributed by atoms with Gasteiger partial charge in [-0.15, -0.1) is 11.8 Å². The molecule has 5 nitrogen and oxygen atoms in total. The number of amides is 1. The molecule has 1 aliphatic rings. The maximum Gasteiger partial charge on any atom is 0.275 e. The Morgan fingerprint density at radius 2 is 1.91 bits per heavy atom. The van der Waals surface area contributed by atoms with Crippen LogP contribution in [-0.4, -0.2) is 16.6 Å². The lowest BCUT2D eigenvalue weighted by Gasteiger charge is -2.24. The highest BCUT2D eigenvalue weighted by atomic mass is 35.5. The van der Waals surface area contributed by atoms with E-state index in [1.54, 1.807) is 36.4 Å². The van der Waals surface area contributed by atoms with E-state index < -0.39 is 10.3 Å². The van der Waals surface area contributed by atoms with Crippen molar-refractivity contribution in [2.24, 2.45) is 0 Å². The van der Waals surface area contributed by atoms with Crippen molar-refractivity contribution in [3.05, 3.63) is 68.2 Å². The second-order valence-corrected chi connectivity index (χ2v) is 6.72. The number of anilines is 1. The zero-order valence-corrected chi connectivity index (χ0v) is 13.9. The zero-order chi connectivity index (χ0) is 16.6. The molecule has 23 heavy (non-hydrogen) atoms. The van der Waals surface area contributed by atoms with E-state index in [9.17, 15) is 14.9 Å². The molecule has 0 aliphatic carbocycles. The summed E-state index contributed by atoms with van der Waals surface area (Å²) in [7, 11) is 0. The Hall–Kier alpha value is -1.76. The molecule has 1 atom stereocenters. The first-order valence-electron chi connectivity index (χ1n) is 6.61. The molecule has 1 heterocycles. The molecule has 0 radical (unpaired) electrons. The van der Waals surface area contributed by atoms with E-state index in [1.807, 2.05) is 0 Å².